The van der Waals surface area contributed by atoms with E-state index in [9.17, 15) is 9.18 Å². The molecular weight excluding hydrogens is 237 g/mol. The lowest BCUT2D eigenvalue weighted by atomic mass is 9.95. The molecule has 0 saturated carbocycles. The Balaban J connectivity index is 2.78. The van der Waals surface area contributed by atoms with Gasteiger partial charge in [0.2, 0.25) is 0 Å². The summed E-state index contributed by atoms with van der Waals surface area (Å²) in [6.45, 7) is 4.69. The number of ether oxygens (including phenoxy) is 1. The van der Waals surface area contributed by atoms with Gasteiger partial charge >= 0.3 is 5.97 Å². The Morgan fingerprint density at radius 1 is 1.56 bits per heavy atom. The van der Waals surface area contributed by atoms with Crippen molar-refractivity contribution in [3.63, 3.8) is 0 Å². The predicted molar refractivity (Wildman–Crippen MR) is 65.9 cm³/mol. The molecule has 0 aliphatic heterocycles. The number of carboxylic acid groups (broad SMARTS) is 1. The topological polar surface area (TPSA) is 72.5 Å². The smallest absolute Gasteiger partial charge is 0.312 e. The first-order valence-electron chi connectivity index (χ1n) is 5.65. The summed E-state index contributed by atoms with van der Waals surface area (Å²) in [5.41, 5.74) is 5.23. The van der Waals surface area contributed by atoms with Crippen LogP contribution in [0.25, 0.3) is 0 Å². The van der Waals surface area contributed by atoms with Gasteiger partial charge in [0.1, 0.15) is 6.61 Å². The van der Waals surface area contributed by atoms with Crippen molar-refractivity contribution in [2.75, 3.05) is 6.61 Å². The highest BCUT2D eigenvalue weighted by Gasteiger charge is 2.28. The first-order chi connectivity index (χ1) is 8.24. The minimum Gasteiger partial charge on any atom is -0.489 e. The highest BCUT2D eigenvalue weighted by molar-refractivity contribution is 5.73. The highest BCUT2D eigenvalue weighted by Crippen LogP contribution is 2.24. The minimum absolute atomic E-state index is 0.0359. The molecule has 1 aromatic carbocycles. The van der Waals surface area contributed by atoms with Crippen molar-refractivity contribution < 1.29 is 19.0 Å². The van der Waals surface area contributed by atoms with Crippen LogP contribution in [-0.2, 0) is 4.79 Å². The molecular formula is C13H18FNO3. The predicted octanol–water partition coefficient (Wildman–Crippen LogP) is 2.33. The lowest BCUT2D eigenvalue weighted by Crippen LogP contribution is -2.30. The molecule has 0 heterocycles. The Labute approximate surface area is 106 Å². The van der Waals surface area contributed by atoms with E-state index in [2.05, 4.69) is 0 Å². The van der Waals surface area contributed by atoms with Gasteiger partial charge in [-0.05, 0) is 38.5 Å². The number of rotatable bonds is 5. The standard InChI is InChI=1S/C13H18FNO3/c1-8(15)9-4-5-11(10(14)6-9)18-7-13(2,3)12(16)17/h4-6,8H,7,15H2,1-3H3,(H,16,17)/t8-/m1/s1. The third-order valence-electron chi connectivity index (χ3n) is 2.65. The average Bonchev–Trinajstić information content (AvgIpc) is 2.26. The van der Waals surface area contributed by atoms with E-state index in [4.69, 9.17) is 15.6 Å². The summed E-state index contributed by atoms with van der Waals surface area (Å²) in [6, 6.07) is 4.17. The van der Waals surface area contributed by atoms with Gasteiger partial charge in [0.25, 0.3) is 0 Å². The SMILES string of the molecule is C[C@@H](N)c1ccc(OCC(C)(C)C(=O)O)c(F)c1. The summed E-state index contributed by atoms with van der Waals surface area (Å²) in [5, 5.41) is 8.92. The zero-order chi connectivity index (χ0) is 13.9. The second kappa shape index (κ2) is 5.35. The lowest BCUT2D eigenvalue weighted by molar-refractivity contribution is -0.148. The molecule has 0 fully saturated rings. The van der Waals surface area contributed by atoms with Gasteiger partial charge in [0.05, 0.1) is 5.41 Å². The molecule has 5 heteroatoms. The van der Waals surface area contributed by atoms with Gasteiger partial charge in [-0.25, -0.2) is 4.39 Å². The van der Waals surface area contributed by atoms with Crippen LogP contribution in [0, 0.1) is 11.2 Å². The summed E-state index contributed by atoms with van der Waals surface area (Å²) >= 11 is 0. The third kappa shape index (κ3) is 3.43. The van der Waals surface area contributed by atoms with Gasteiger partial charge < -0.3 is 15.6 Å². The van der Waals surface area contributed by atoms with Gasteiger partial charge in [-0.1, -0.05) is 6.07 Å². The van der Waals surface area contributed by atoms with Crippen molar-refractivity contribution in [1.29, 1.82) is 0 Å². The number of aliphatic carboxylic acids is 1. The number of nitrogens with two attached hydrogens (primary N) is 1. The summed E-state index contributed by atoms with van der Waals surface area (Å²) in [5.74, 6) is -1.49. The molecule has 0 saturated heterocycles. The first-order valence-corrected chi connectivity index (χ1v) is 5.65. The Morgan fingerprint density at radius 3 is 2.61 bits per heavy atom. The van der Waals surface area contributed by atoms with Gasteiger partial charge in [-0.2, -0.15) is 0 Å². The molecule has 18 heavy (non-hydrogen) atoms. The van der Waals surface area contributed by atoms with Crippen LogP contribution in [0.4, 0.5) is 4.39 Å². The maximum Gasteiger partial charge on any atom is 0.312 e. The molecule has 1 aromatic rings. The number of hydrogen-bond acceptors (Lipinski definition) is 3. The second-order valence-electron chi connectivity index (χ2n) is 4.96. The van der Waals surface area contributed by atoms with Crippen LogP contribution in [-0.4, -0.2) is 17.7 Å². The highest BCUT2D eigenvalue weighted by atomic mass is 19.1. The van der Waals surface area contributed by atoms with E-state index in [0.717, 1.165) is 0 Å². The lowest BCUT2D eigenvalue weighted by Gasteiger charge is -2.20. The molecule has 0 amide bonds. The monoisotopic (exact) mass is 255 g/mol. The second-order valence-corrected chi connectivity index (χ2v) is 4.96. The molecule has 100 valence electrons. The first kappa shape index (κ1) is 14.4. The fourth-order valence-electron chi connectivity index (χ4n) is 1.24. The normalized spacial score (nSPS) is 13.2. The average molecular weight is 255 g/mol. The van der Waals surface area contributed by atoms with Crippen LogP contribution < -0.4 is 10.5 Å². The Hall–Kier alpha value is -1.62. The van der Waals surface area contributed by atoms with Crippen molar-refractivity contribution in [2.45, 2.75) is 26.8 Å². The molecule has 0 bridgehead atoms. The molecule has 4 nitrogen and oxygen atoms in total. The maximum atomic E-state index is 13.7. The fourth-order valence-corrected chi connectivity index (χ4v) is 1.24. The molecule has 0 aromatic heterocycles. The van der Waals surface area contributed by atoms with Gasteiger partial charge in [-0.3, -0.25) is 4.79 Å². The molecule has 0 aliphatic rings. The quantitative estimate of drug-likeness (QED) is 0.847. The largest absolute Gasteiger partial charge is 0.489 e. The minimum atomic E-state index is -1.06. The number of carboxylic acids is 1. The van der Waals surface area contributed by atoms with Crippen molar-refractivity contribution in [1.82, 2.24) is 0 Å². The summed E-state index contributed by atoms with van der Waals surface area (Å²) in [7, 11) is 0. The van der Waals surface area contributed by atoms with Crippen LogP contribution in [0.15, 0.2) is 18.2 Å². The summed E-state index contributed by atoms with van der Waals surface area (Å²) in [4.78, 5) is 10.9. The molecule has 3 N–H and O–H groups in total. The third-order valence-corrected chi connectivity index (χ3v) is 2.65. The molecule has 1 atom stereocenters. The van der Waals surface area contributed by atoms with Crippen molar-refractivity contribution in [3.05, 3.63) is 29.6 Å². The molecule has 0 aliphatic carbocycles. The number of benzene rings is 1. The van der Waals surface area contributed by atoms with Crippen LogP contribution in [0.5, 0.6) is 5.75 Å². The molecule has 0 unspecified atom stereocenters. The van der Waals surface area contributed by atoms with Crippen molar-refractivity contribution in [3.8, 4) is 5.75 Å². The Morgan fingerprint density at radius 2 is 2.17 bits per heavy atom. The maximum absolute atomic E-state index is 13.7. The fraction of sp³-hybridized carbons (Fsp3) is 0.462. The molecule has 0 spiro atoms. The van der Waals surface area contributed by atoms with E-state index < -0.39 is 17.2 Å². The Bertz CT molecular complexity index is 444. The van der Waals surface area contributed by atoms with Gasteiger partial charge in [0, 0.05) is 6.04 Å². The van der Waals surface area contributed by atoms with Crippen LogP contribution in [0.1, 0.15) is 32.4 Å². The summed E-state index contributed by atoms with van der Waals surface area (Å²) < 4.78 is 18.9. The van der Waals surface area contributed by atoms with Crippen molar-refractivity contribution >= 4 is 5.97 Å². The van der Waals surface area contributed by atoms with E-state index in [-0.39, 0.29) is 18.4 Å². The van der Waals surface area contributed by atoms with Gasteiger partial charge in [-0.15, -0.1) is 0 Å². The zero-order valence-electron chi connectivity index (χ0n) is 10.7. The van der Waals surface area contributed by atoms with Crippen molar-refractivity contribution in [2.24, 2.45) is 11.1 Å². The van der Waals surface area contributed by atoms with E-state index in [1.807, 2.05) is 0 Å². The van der Waals surface area contributed by atoms with Gasteiger partial charge in [0.15, 0.2) is 11.6 Å². The number of carbonyl (C=O) groups is 1. The zero-order valence-corrected chi connectivity index (χ0v) is 10.7. The van der Waals surface area contributed by atoms with E-state index in [0.29, 0.717) is 5.56 Å². The van der Waals surface area contributed by atoms with E-state index in [1.165, 1.54) is 26.0 Å². The van der Waals surface area contributed by atoms with Crippen LogP contribution in [0.2, 0.25) is 0 Å². The van der Waals surface area contributed by atoms with E-state index >= 15 is 0 Å². The molecule has 0 radical (unpaired) electrons. The number of hydrogen-bond donors (Lipinski definition) is 2. The Kier molecular flexibility index (Phi) is 4.29. The van der Waals surface area contributed by atoms with Crippen LogP contribution >= 0.6 is 0 Å². The van der Waals surface area contributed by atoms with Crippen LogP contribution in [0.3, 0.4) is 0 Å². The number of halogens is 1. The summed E-state index contributed by atoms with van der Waals surface area (Å²) in [6.07, 6.45) is 0. The molecule has 1 rings (SSSR count). The van der Waals surface area contributed by atoms with E-state index in [1.54, 1.807) is 13.0 Å².